The van der Waals surface area contributed by atoms with Crippen LogP contribution in [0.1, 0.15) is 21.7 Å². The fourth-order valence-corrected chi connectivity index (χ4v) is 3.84. The third-order valence-electron chi connectivity index (χ3n) is 4.26. The highest BCUT2D eigenvalue weighted by molar-refractivity contribution is 8.00. The van der Waals surface area contributed by atoms with Gasteiger partial charge in [-0.05, 0) is 50.2 Å². The molecule has 1 aliphatic heterocycles. The Kier molecular flexibility index (Phi) is 4.45. The number of anilines is 2. The maximum atomic E-state index is 12.8. The quantitative estimate of drug-likeness (QED) is 0.727. The van der Waals surface area contributed by atoms with Gasteiger partial charge in [0.05, 0.1) is 28.5 Å². The number of hydrogen-bond donors (Lipinski definition) is 2. The second-order valence-electron chi connectivity index (χ2n) is 6.36. The van der Waals surface area contributed by atoms with E-state index in [-0.39, 0.29) is 11.8 Å². The second-order valence-corrected chi connectivity index (χ2v) is 7.38. The molecule has 7 heteroatoms. The summed E-state index contributed by atoms with van der Waals surface area (Å²) in [7, 11) is 0. The van der Waals surface area contributed by atoms with Crippen molar-refractivity contribution < 1.29 is 9.59 Å². The number of para-hydroxylation sites is 2. The summed E-state index contributed by atoms with van der Waals surface area (Å²) in [4.78, 5) is 25.4. The maximum absolute atomic E-state index is 12.8. The predicted octanol–water partition coefficient (Wildman–Crippen LogP) is 3.79. The van der Waals surface area contributed by atoms with E-state index >= 15 is 0 Å². The number of carbonyl (C=O) groups is 2. The monoisotopic (exact) mass is 378 g/mol. The second kappa shape index (κ2) is 6.92. The molecule has 2 aromatic carbocycles. The van der Waals surface area contributed by atoms with Gasteiger partial charge in [0.15, 0.2) is 0 Å². The van der Waals surface area contributed by atoms with Gasteiger partial charge in [0.25, 0.3) is 5.91 Å². The van der Waals surface area contributed by atoms with E-state index in [0.717, 1.165) is 22.0 Å². The van der Waals surface area contributed by atoms with Crippen LogP contribution in [0.5, 0.6) is 0 Å². The first kappa shape index (κ1) is 17.4. The van der Waals surface area contributed by atoms with E-state index in [2.05, 4.69) is 15.7 Å². The molecule has 6 nitrogen and oxygen atoms in total. The molecule has 27 heavy (non-hydrogen) atoms. The Morgan fingerprint density at radius 1 is 1.19 bits per heavy atom. The van der Waals surface area contributed by atoms with E-state index in [0.29, 0.717) is 22.7 Å². The number of thioether (sulfide) groups is 1. The van der Waals surface area contributed by atoms with Crippen molar-refractivity contribution in [3.05, 3.63) is 65.5 Å². The zero-order chi connectivity index (χ0) is 19.0. The van der Waals surface area contributed by atoms with E-state index < -0.39 is 0 Å². The van der Waals surface area contributed by atoms with Crippen LogP contribution in [0.2, 0.25) is 0 Å². The number of hydrogen-bond acceptors (Lipinski definition) is 4. The van der Waals surface area contributed by atoms with Crippen molar-refractivity contribution in [2.75, 3.05) is 16.4 Å². The summed E-state index contributed by atoms with van der Waals surface area (Å²) in [6, 6.07) is 14.9. The first-order valence-corrected chi connectivity index (χ1v) is 9.50. The minimum Gasteiger partial charge on any atom is -0.324 e. The SMILES string of the molecule is Cc1cc(C)n(-c2ccccc2NC(=O)c2ccc3c(c2)NC(=O)CS3)n1. The first-order chi connectivity index (χ1) is 13.0. The van der Waals surface area contributed by atoms with E-state index in [1.165, 1.54) is 11.8 Å². The highest BCUT2D eigenvalue weighted by atomic mass is 32.2. The summed E-state index contributed by atoms with van der Waals surface area (Å²) >= 11 is 1.47. The summed E-state index contributed by atoms with van der Waals surface area (Å²) < 4.78 is 1.81. The number of nitrogens with one attached hydrogen (secondary N) is 2. The van der Waals surface area contributed by atoms with Gasteiger partial charge in [0.1, 0.15) is 0 Å². The normalized spacial score (nSPS) is 13.0. The van der Waals surface area contributed by atoms with E-state index in [1.807, 2.05) is 54.9 Å². The Labute approximate surface area is 161 Å². The molecule has 0 bridgehead atoms. The molecular formula is C20H18N4O2S. The molecule has 0 saturated carbocycles. The number of nitrogens with zero attached hydrogens (tertiary/aromatic N) is 2. The lowest BCUT2D eigenvalue weighted by atomic mass is 10.1. The van der Waals surface area contributed by atoms with E-state index in [9.17, 15) is 9.59 Å². The molecule has 1 aromatic heterocycles. The number of fused-ring (bicyclic) bond motifs is 1. The molecule has 1 aliphatic rings. The Morgan fingerprint density at radius 2 is 2.00 bits per heavy atom. The van der Waals surface area contributed by atoms with Gasteiger partial charge in [-0.15, -0.1) is 11.8 Å². The molecule has 0 fully saturated rings. The Bertz CT molecular complexity index is 1060. The first-order valence-electron chi connectivity index (χ1n) is 8.52. The van der Waals surface area contributed by atoms with Crippen molar-refractivity contribution in [1.82, 2.24) is 9.78 Å². The summed E-state index contributed by atoms with van der Waals surface area (Å²) in [5.41, 5.74) is 4.54. The van der Waals surface area contributed by atoms with Gasteiger partial charge in [-0.25, -0.2) is 4.68 Å². The van der Waals surface area contributed by atoms with E-state index in [4.69, 9.17) is 0 Å². The van der Waals surface area contributed by atoms with Crippen LogP contribution in [-0.4, -0.2) is 27.3 Å². The van der Waals surface area contributed by atoms with Crippen LogP contribution in [0.4, 0.5) is 11.4 Å². The minimum atomic E-state index is -0.239. The van der Waals surface area contributed by atoms with Crippen LogP contribution in [0.15, 0.2) is 53.4 Å². The molecule has 0 saturated heterocycles. The molecule has 0 spiro atoms. The van der Waals surface area contributed by atoms with Gasteiger partial charge in [-0.1, -0.05) is 12.1 Å². The van der Waals surface area contributed by atoms with Crippen LogP contribution in [0.25, 0.3) is 5.69 Å². The van der Waals surface area contributed by atoms with Crippen molar-refractivity contribution in [1.29, 1.82) is 0 Å². The molecule has 0 unspecified atom stereocenters. The number of aromatic nitrogens is 2. The maximum Gasteiger partial charge on any atom is 0.255 e. The Hall–Kier alpha value is -3.06. The van der Waals surface area contributed by atoms with Crippen LogP contribution in [0, 0.1) is 13.8 Å². The zero-order valence-electron chi connectivity index (χ0n) is 14.9. The van der Waals surface area contributed by atoms with Gasteiger partial charge in [-0.2, -0.15) is 5.10 Å². The largest absolute Gasteiger partial charge is 0.324 e. The lowest BCUT2D eigenvalue weighted by Crippen LogP contribution is -2.20. The van der Waals surface area contributed by atoms with Crippen molar-refractivity contribution in [2.45, 2.75) is 18.7 Å². The summed E-state index contributed by atoms with van der Waals surface area (Å²) in [6.07, 6.45) is 0. The van der Waals surface area contributed by atoms with Crippen LogP contribution in [-0.2, 0) is 4.79 Å². The Balaban J connectivity index is 1.64. The van der Waals surface area contributed by atoms with Crippen molar-refractivity contribution in [3.8, 4) is 5.69 Å². The van der Waals surface area contributed by atoms with Crippen LogP contribution < -0.4 is 10.6 Å². The molecule has 136 valence electrons. The van der Waals surface area contributed by atoms with Crippen molar-refractivity contribution in [3.63, 3.8) is 0 Å². The molecule has 0 aliphatic carbocycles. The fourth-order valence-electron chi connectivity index (χ4n) is 3.06. The highest BCUT2D eigenvalue weighted by Crippen LogP contribution is 2.32. The third kappa shape index (κ3) is 3.46. The number of amides is 2. The molecule has 0 atom stereocenters. The number of carbonyl (C=O) groups excluding carboxylic acids is 2. The van der Waals surface area contributed by atoms with Gasteiger partial charge < -0.3 is 10.6 Å². The average Bonchev–Trinajstić information content (AvgIpc) is 2.99. The summed E-state index contributed by atoms with van der Waals surface area (Å²) in [5, 5.41) is 10.3. The Morgan fingerprint density at radius 3 is 2.78 bits per heavy atom. The molecule has 4 rings (SSSR count). The smallest absolute Gasteiger partial charge is 0.255 e. The molecule has 2 amide bonds. The van der Waals surface area contributed by atoms with E-state index in [1.54, 1.807) is 12.1 Å². The van der Waals surface area contributed by atoms with Crippen LogP contribution in [0.3, 0.4) is 0 Å². The summed E-state index contributed by atoms with van der Waals surface area (Å²) in [6.45, 7) is 3.91. The van der Waals surface area contributed by atoms with Gasteiger partial charge >= 0.3 is 0 Å². The molecule has 2 N–H and O–H groups in total. The minimum absolute atomic E-state index is 0.0556. The van der Waals surface area contributed by atoms with Gasteiger partial charge in [0.2, 0.25) is 5.91 Å². The lowest BCUT2D eigenvalue weighted by Gasteiger charge is -2.17. The topological polar surface area (TPSA) is 76.0 Å². The molecule has 0 radical (unpaired) electrons. The van der Waals surface area contributed by atoms with Gasteiger partial charge in [0, 0.05) is 16.2 Å². The molecule has 3 aromatic rings. The highest BCUT2D eigenvalue weighted by Gasteiger charge is 2.18. The lowest BCUT2D eigenvalue weighted by molar-refractivity contribution is -0.113. The van der Waals surface area contributed by atoms with Gasteiger partial charge in [-0.3, -0.25) is 9.59 Å². The number of benzene rings is 2. The number of aryl methyl sites for hydroxylation is 2. The average molecular weight is 378 g/mol. The van der Waals surface area contributed by atoms with Crippen molar-refractivity contribution in [2.24, 2.45) is 0 Å². The van der Waals surface area contributed by atoms with Crippen LogP contribution >= 0.6 is 11.8 Å². The fraction of sp³-hybridized carbons (Fsp3) is 0.150. The summed E-state index contributed by atoms with van der Waals surface area (Å²) in [5.74, 6) is 0.103. The van der Waals surface area contributed by atoms with Crippen molar-refractivity contribution >= 4 is 35.0 Å². The molecular weight excluding hydrogens is 360 g/mol. The molecule has 2 heterocycles. The third-order valence-corrected chi connectivity index (χ3v) is 5.34. The predicted molar refractivity (Wildman–Crippen MR) is 107 cm³/mol. The zero-order valence-corrected chi connectivity index (χ0v) is 15.8. The number of rotatable bonds is 3. The standard InChI is InChI=1S/C20H18N4O2S/c1-12-9-13(2)24(23-12)17-6-4-3-5-15(17)22-20(26)14-7-8-18-16(10-14)21-19(25)11-27-18/h3-10H,11H2,1-2H3,(H,21,25)(H,22,26).